The van der Waals surface area contributed by atoms with Crippen molar-refractivity contribution in [3.63, 3.8) is 0 Å². The highest BCUT2D eigenvalue weighted by atomic mass is 32.2. The monoisotopic (exact) mass is 426 g/mol. The number of nitrogens with one attached hydrogen (secondary N) is 1. The van der Waals surface area contributed by atoms with Gasteiger partial charge in [0.05, 0.1) is 4.90 Å². The van der Waals surface area contributed by atoms with Crippen molar-refractivity contribution in [1.82, 2.24) is 9.03 Å². The van der Waals surface area contributed by atoms with Crippen LogP contribution in [0.3, 0.4) is 0 Å². The molecule has 0 radical (unpaired) electrons. The molecule has 0 spiro atoms. The van der Waals surface area contributed by atoms with Gasteiger partial charge in [-0.1, -0.05) is 38.0 Å². The molecular formula is C20H30N2O4S2. The second kappa shape index (κ2) is 9.07. The van der Waals surface area contributed by atoms with Crippen LogP contribution in [0.5, 0.6) is 0 Å². The molecule has 0 amide bonds. The molecule has 0 bridgehead atoms. The fraction of sp³-hybridized carbons (Fsp3) is 0.600. The first-order chi connectivity index (χ1) is 13.3. The van der Waals surface area contributed by atoms with Crippen LogP contribution in [0.2, 0.25) is 0 Å². The van der Waals surface area contributed by atoms with E-state index in [0.717, 1.165) is 18.2 Å². The zero-order chi connectivity index (χ0) is 20.2. The van der Waals surface area contributed by atoms with Crippen molar-refractivity contribution in [1.29, 1.82) is 0 Å². The molecule has 1 saturated carbocycles. The van der Waals surface area contributed by atoms with Crippen molar-refractivity contribution in [2.45, 2.75) is 55.8 Å². The van der Waals surface area contributed by atoms with Crippen LogP contribution in [0, 0.1) is 5.92 Å². The molecule has 1 N–H and O–H groups in total. The van der Waals surface area contributed by atoms with Crippen molar-refractivity contribution < 1.29 is 16.8 Å². The Balaban J connectivity index is 1.66. The summed E-state index contributed by atoms with van der Waals surface area (Å²) in [5.74, 6) is 0.502. The van der Waals surface area contributed by atoms with Crippen LogP contribution < -0.4 is 4.72 Å². The summed E-state index contributed by atoms with van der Waals surface area (Å²) in [5, 5.41) is 0.873. The van der Waals surface area contributed by atoms with Gasteiger partial charge in [0.1, 0.15) is 0 Å². The van der Waals surface area contributed by atoms with Gasteiger partial charge < -0.3 is 0 Å². The summed E-state index contributed by atoms with van der Waals surface area (Å²) in [6.45, 7) is 4.29. The molecule has 1 aliphatic carbocycles. The van der Waals surface area contributed by atoms with Crippen LogP contribution in [0.25, 0.3) is 0 Å². The van der Waals surface area contributed by atoms with E-state index in [2.05, 4.69) is 11.3 Å². The van der Waals surface area contributed by atoms with Gasteiger partial charge in [0.2, 0.25) is 20.0 Å². The Labute approximate surface area is 169 Å². The Morgan fingerprint density at radius 3 is 2.32 bits per heavy atom. The van der Waals surface area contributed by atoms with Crippen molar-refractivity contribution in [3.05, 3.63) is 41.8 Å². The van der Waals surface area contributed by atoms with Gasteiger partial charge in [-0.2, -0.15) is 4.31 Å². The smallest absolute Gasteiger partial charge is 0.211 e. The van der Waals surface area contributed by atoms with E-state index in [1.165, 1.54) is 42.0 Å². The zero-order valence-corrected chi connectivity index (χ0v) is 17.8. The number of benzene rings is 1. The summed E-state index contributed by atoms with van der Waals surface area (Å²) in [4.78, 5) is 0.319. The molecule has 6 nitrogen and oxygen atoms in total. The summed E-state index contributed by atoms with van der Waals surface area (Å²) in [5.41, 5.74) is 1.23. The average molecular weight is 427 g/mol. The molecular weight excluding hydrogens is 396 g/mol. The molecule has 2 fully saturated rings. The lowest BCUT2D eigenvalue weighted by molar-refractivity contribution is 0.267. The largest absolute Gasteiger partial charge is 0.243 e. The number of piperidine rings is 1. The first-order valence-corrected chi connectivity index (χ1v) is 13.0. The maximum absolute atomic E-state index is 13.0. The highest BCUT2D eigenvalue weighted by molar-refractivity contribution is 7.92. The van der Waals surface area contributed by atoms with E-state index in [1.54, 1.807) is 12.1 Å². The molecule has 1 aromatic rings. The van der Waals surface area contributed by atoms with Gasteiger partial charge in [-0.05, 0) is 55.2 Å². The van der Waals surface area contributed by atoms with Crippen LogP contribution in [0.4, 0.5) is 0 Å². The quantitative estimate of drug-likeness (QED) is 0.726. The molecule has 1 aliphatic heterocycles. The number of rotatable bonds is 7. The normalized spacial score (nSPS) is 22.8. The van der Waals surface area contributed by atoms with E-state index in [-0.39, 0.29) is 12.5 Å². The molecule has 0 aromatic heterocycles. The van der Waals surface area contributed by atoms with E-state index in [1.807, 2.05) is 12.1 Å². The number of hydrogen-bond donors (Lipinski definition) is 1. The topological polar surface area (TPSA) is 83.6 Å². The van der Waals surface area contributed by atoms with Crippen molar-refractivity contribution in [3.8, 4) is 0 Å². The molecule has 156 valence electrons. The molecule has 1 aromatic carbocycles. The van der Waals surface area contributed by atoms with Crippen LogP contribution in [0.1, 0.15) is 56.4 Å². The molecule has 2 aliphatic rings. The third-order valence-corrected chi connectivity index (χ3v) is 8.76. The summed E-state index contributed by atoms with van der Waals surface area (Å²) < 4.78 is 53.1. The Morgan fingerprint density at radius 2 is 1.68 bits per heavy atom. The predicted molar refractivity (Wildman–Crippen MR) is 111 cm³/mol. The molecule has 28 heavy (non-hydrogen) atoms. The van der Waals surface area contributed by atoms with Gasteiger partial charge in [0.15, 0.2) is 0 Å². The standard InChI is InChI=1S/C20H30N2O4S2/c1-2-27(23,24)21-15-17-7-6-14-22(16-17)28(25,26)20-12-10-19(11-13-20)18-8-4-3-5-9-18/h2,10-13,17-18,21H,1,3-9,14-16H2/t17-/m1/s1. The van der Waals surface area contributed by atoms with Crippen molar-refractivity contribution in [2.75, 3.05) is 19.6 Å². The van der Waals surface area contributed by atoms with Crippen LogP contribution in [0.15, 0.2) is 41.1 Å². The maximum atomic E-state index is 13.0. The summed E-state index contributed by atoms with van der Waals surface area (Å²) in [6, 6.07) is 7.37. The van der Waals surface area contributed by atoms with E-state index < -0.39 is 20.0 Å². The van der Waals surface area contributed by atoms with Crippen LogP contribution in [-0.4, -0.2) is 40.8 Å². The maximum Gasteiger partial charge on any atom is 0.243 e. The second-order valence-electron chi connectivity index (χ2n) is 7.84. The fourth-order valence-corrected chi connectivity index (χ4v) is 6.34. The van der Waals surface area contributed by atoms with Gasteiger partial charge in [0.25, 0.3) is 0 Å². The minimum Gasteiger partial charge on any atom is -0.211 e. The van der Waals surface area contributed by atoms with E-state index in [0.29, 0.717) is 23.9 Å². The van der Waals surface area contributed by atoms with E-state index >= 15 is 0 Å². The van der Waals surface area contributed by atoms with Gasteiger partial charge in [-0.3, -0.25) is 0 Å². The highest BCUT2D eigenvalue weighted by Gasteiger charge is 2.30. The predicted octanol–water partition coefficient (Wildman–Crippen LogP) is 3.20. The molecule has 3 rings (SSSR count). The van der Waals surface area contributed by atoms with Crippen molar-refractivity contribution in [2.24, 2.45) is 5.92 Å². The van der Waals surface area contributed by atoms with E-state index in [9.17, 15) is 16.8 Å². The summed E-state index contributed by atoms with van der Waals surface area (Å²) in [7, 11) is -7.06. The minimum absolute atomic E-state index is 0.0419. The highest BCUT2D eigenvalue weighted by Crippen LogP contribution is 2.33. The SMILES string of the molecule is C=CS(=O)(=O)NC[C@H]1CCCN(S(=O)(=O)c2ccc(C3CCCCC3)cc2)C1. The zero-order valence-electron chi connectivity index (χ0n) is 16.2. The molecule has 0 unspecified atom stereocenters. The lowest BCUT2D eigenvalue weighted by Gasteiger charge is -2.32. The molecule has 1 saturated heterocycles. The lowest BCUT2D eigenvalue weighted by Crippen LogP contribution is -2.43. The number of nitrogens with zero attached hydrogens (tertiary/aromatic N) is 1. The Bertz CT molecular complexity index is 873. The molecule has 8 heteroatoms. The Kier molecular flexibility index (Phi) is 6.96. The summed E-state index contributed by atoms with van der Waals surface area (Å²) >= 11 is 0. The Morgan fingerprint density at radius 1 is 1.00 bits per heavy atom. The fourth-order valence-electron chi connectivity index (χ4n) is 4.20. The van der Waals surface area contributed by atoms with Gasteiger partial charge in [-0.25, -0.2) is 21.6 Å². The third kappa shape index (κ3) is 5.23. The third-order valence-electron chi connectivity index (χ3n) is 5.87. The van der Waals surface area contributed by atoms with Gasteiger partial charge in [-0.15, -0.1) is 0 Å². The van der Waals surface area contributed by atoms with Crippen molar-refractivity contribution >= 4 is 20.0 Å². The minimum atomic E-state index is -3.57. The lowest BCUT2D eigenvalue weighted by atomic mass is 9.84. The first kappa shape index (κ1) is 21.5. The molecule has 1 heterocycles. The van der Waals surface area contributed by atoms with Crippen LogP contribution in [-0.2, 0) is 20.0 Å². The van der Waals surface area contributed by atoms with Gasteiger partial charge >= 0.3 is 0 Å². The average Bonchev–Trinajstić information content (AvgIpc) is 2.73. The molecule has 1 atom stereocenters. The van der Waals surface area contributed by atoms with Gasteiger partial charge in [0, 0.05) is 25.0 Å². The second-order valence-corrected chi connectivity index (χ2v) is 11.5. The summed E-state index contributed by atoms with van der Waals surface area (Å²) in [6.07, 6.45) is 7.67. The first-order valence-electron chi connectivity index (χ1n) is 10.0. The number of hydrogen-bond acceptors (Lipinski definition) is 4. The number of sulfonamides is 2. The van der Waals surface area contributed by atoms with E-state index in [4.69, 9.17) is 0 Å². The Hall–Kier alpha value is -1.22. The van der Waals surface area contributed by atoms with Crippen LogP contribution >= 0.6 is 0 Å².